The highest BCUT2D eigenvalue weighted by Crippen LogP contribution is 2.33. The van der Waals surface area contributed by atoms with Gasteiger partial charge in [-0.05, 0) is 36.5 Å². The zero-order valence-electron chi connectivity index (χ0n) is 19.7. The van der Waals surface area contributed by atoms with Gasteiger partial charge >= 0.3 is 0 Å². The second kappa shape index (κ2) is 9.95. The summed E-state index contributed by atoms with van der Waals surface area (Å²) in [5.41, 5.74) is 2.84. The van der Waals surface area contributed by atoms with Crippen molar-refractivity contribution in [3.63, 3.8) is 0 Å². The molecule has 1 saturated heterocycles. The van der Waals surface area contributed by atoms with Crippen LogP contribution < -0.4 is 9.64 Å². The summed E-state index contributed by atoms with van der Waals surface area (Å²) in [5.74, 6) is 1.42. The van der Waals surface area contributed by atoms with Crippen molar-refractivity contribution in [3.05, 3.63) is 81.3 Å². The van der Waals surface area contributed by atoms with Crippen LogP contribution in [0.5, 0.6) is 11.6 Å². The van der Waals surface area contributed by atoms with Crippen LogP contribution in [0, 0.1) is 21.8 Å². The molecule has 2 aromatic carbocycles. The number of hydrogen-bond donors (Lipinski definition) is 0. The number of aromatic nitrogens is 2. The van der Waals surface area contributed by atoms with Crippen LogP contribution in [0.15, 0.2) is 48.5 Å². The Morgan fingerprint density at radius 2 is 1.83 bits per heavy atom. The molecular formula is C26H28FN5O3. The fraction of sp³-hybridized carbons (Fsp3) is 0.385. The Hall–Kier alpha value is -3.59. The Morgan fingerprint density at radius 1 is 1.09 bits per heavy atom. The third-order valence-electron chi connectivity index (χ3n) is 6.75. The summed E-state index contributed by atoms with van der Waals surface area (Å²) >= 11 is 0. The summed E-state index contributed by atoms with van der Waals surface area (Å²) in [6, 6.07) is 12.9. The predicted molar refractivity (Wildman–Crippen MR) is 130 cm³/mol. The van der Waals surface area contributed by atoms with Crippen LogP contribution >= 0.6 is 0 Å². The van der Waals surface area contributed by atoms with Gasteiger partial charge in [-0.3, -0.25) is 15.0 Å². The van der Waals surface area contributed by atoms with Crippen LogP contribution in [0.2, 0.25) is 0 Å². The summed E-state index contributed by atoms with van der Waals surface area (Å²) < 4.78 is 20.5. The molecule has 35 heavy (non-hydrogen) atoms. The minimum absolute atomic E-state index is 0.0753. The molecule has 9 heteroatoms. The van der Waals surface area contributed by atoms with Crippen LogP contribution in [-0.4, -0.2) is 39.4 Å². The van der Waals surface area contributed by atoms with Crippen LogP contribution in [-0.2, 0) is 19.5 Å². The van der Waals surface area contributed by atoms with E-state index in [0.717, 1.165) is 55.7 Å². The number of nitrogens with zero attached hydrogens (tertiary/aromatic N) is 5. The lowest BCUT2D eigenvalue weighted by atomic mass is 9.99. The molecule has 0 atom stereocenters. The topological polar surface area (TPSA) is 84.6 Å². The van der Waals surface area contributed by atoms with Crippen molar-refractivity contribution in [2.75, 3.05) is 24.5 Å². The zero-order valence-corrected chi connectivity index (χ0v) is 19.7. The average Bonchev–Trinajstić information content (AvgIpc) is 2.86. The molecule has 5 rings (SSSR count). The van der Waals surface area contributed by atoms with Crippen molar-refractivity contribution in [1.82, 2.24) is 14.9 Å². The zero-order chi connectivity index (χ0) is 24.4. The Labute approximate surface area is 203 Å². The van der Waals surface area contributed by atoms with Crippen molar-refractivity contribution in [3.8, 4) is 11.6 Å². The first-order valence-electron chi connectivity index (χ1n) is 12.0. The lowest BCUT2D eigenvalue weighted by molar-refractivity contribution is -0.384. The Kier molecular flexibility index (Phi) is 6.59. The maximum atomic E-state index is 14.4. The number of nitro benzene ring substituents is 1. The minimum Gasteiger partial charge on any atom is -0.435 e. The molecule has 8 nitrogen and oxygen atoms in total. The van der Waals surface area contributed by atoms with Crippen molar-refractivity contribution < 1.29 is 14.1 Å². The summed E-state index contributed by atoms with van der Waals surface area (Å²) in [5, 5.41) is 10.9. The quantitative estimate of drug-likeness (QED) is 0.360. The van der Waals surface area contributed by atoms with Crippen LogP contribution in [0.1, 0.15) is 36.6 Å². The second-order valence-electron chi connectivity index (χ2n) is 9.34. The number of piperidine rings is 1. The first kappa shape index (κ1) is 23.2. The van der Waals surface area contributed by atoms with Crippen molar-refractivity contribution in [2.45, 2.75) is 39.3 Å². The molecule has 0 unspecified atom stereocenters. The summed E-state index contributed by atoms with van der Waals surface area (Å²) in [4.78, 5) is 24.6. The molecule has 3 aromatic rings. The van der Waals surface area contributed by atoms with E-state index in [1.807, 2.05) is 0 Å². The van der Waals surface area contributed by atoms with Gasteiger partial charge in [-0.25, -0.2) is 9.37 Å². The monoisotopic (exact) mass is 477 g/mol. The van der Waals surface area contributed by atoms with Gasteiger partial charge in [-0.1, -0.05) is 31.2 Å². The smallest absolute Gasteiger partial charge is 0.269 e. The van der Waals surface area contributed by atoms with E-state index in [-0.39, 0.29) is 11.4 Å². The molecule has 182 valence electrons. The Bertz CT molecular complexity index is 1210. The number of fused-ring (bicyclic) bond motifs is 1. The van der Waals surface area contributed by atoms with Gasteiger partial charge in [-0.2, -0.15) is 4.98 Å². The van der Waals surface area contributed by atoms with E-state index in [2.05, 4.69) is 16.7 Å². The first-order valence-corrected chi connectivity index (χ1v) is 12.0. The average molecular weight is 478 g/mol. The third kappa shape index (κ3) is 5.24. The fourth-order valence-corrected chi connectivity index (χ4v) is 4.61. The van der Waals surface area contributed by atoms with E-state index in [0.29, 0.717) is 30.8 Å². The molecule has 2 aliphatic rings. The standard InChI is InChI=1S/C26H28FN5O3/c1-18-10-14-31(15-11-18)26-28-23-12-13-30(16-19-6-8-20(9-7-19)32(33)34)17-21(23)25(29-26)35-24-5-3-2-4-22(24)27/h2-9,18H,10-17H2,1H3. The number of para-hydroxylation sites is 1. The molecule has 2 aliphatic heterocycles. The highest BCUT2D eigenvalue weighted by Gasteiger charge is 2.27. The number of hydrogen-bond acceptors (Lipinski definition) is 7. The van der Waals surface area contributed by atoms with Gasteiger partial charge in [0.15, 0.2) is 11.6 Å². The molecule has 1 fully saturated rings. The van der Waals surface area contributed by atoms with Gasteiger partial charge in [-0.15, -0.1) is 0 Å². The van der Waals surface area contributed by atoms with Gasteiger partial charge in [0.1, 0.15) is 0 Å². The lowest BCUT2D eigenvalue weighted by Gasteiger charge is -2.33. The van der Waals surface area contributed by atoms with Gasteiger partial charge in [0, 0.05) is 51.3 Å². The molecule has 0 bridgehead atoms. The lowest BCUT2D eigenvalue weighted by Crippen LogP contribution is -2.36. The number of non-ortho nitro benzene ring substituents is 1. The normalized spacial score (nSPS) is 16.7. The molecular weight excluding hydrogens is 449 g/mol. The van der Waals surface area contributed by atoms with Crippen molar-refractivity contribution in [2.24, 2.45) is 5.92 Å². The molecule has 0 saturated carbocycles. The first-order chi connectivity index (χ1) is 17.0. The van der Waals surface area contributed by atoms with Crippen LogP contribution in [0.25, 0.3) is 0 Å². The highest BCUT2D eigenvalue weighted by molar-refractivity contribution is 5.44. The SMILES string of the molecule is CC1CCN(c2nc3c(c(Oc4ccccc4F)n2)CN(Cc2ccc([N+](=O)[O-])cc2)CC3)CC1. The molecule has 0 amide bonds. The van der Waals surface area contributed by atoms with Gasteiger partial charge in [0.05, 0.1) is 16.2 Å². The predicted octanol–water partition coefficient (Wildman–Crippen LogP) is 5.11. The van der Waals surface area contributed by atoms with E-state index in [1.165, 1.54) is 18.2 Å². The second-order valence-corrected chi connectivity index (χ2v) is 9.34. The highest BCUT2D eigenvalue weighted by atomic mass is 19.1. The molecule has 0 radical (unpaired) electrons. The fourth-order valence-electron chi connectivity index (χ4n) is 4.61. The van der Waals surface area contributed by atoms with E-state index in [9.17, 15) is 14.5 Å². The Balaban J connectivity index is 1.42. The molecule has 3 heterocycles. The number of benzene rings is 2. The van der Waals surface area contributed by atoms with Crippen LogP contribution in [0.4, 0.5) is 16.0 Å². The number of halogens is 1. The number of ether oxygens (including phenoxy) is 1. The molecule has 0 spiro atoms. The number of anilines is 1. The molecule has 1 aromatic heterocycles. The van der Waals surface area contributed by atoms with Crippen molar-refractivity contribution in [1.29, 1.82) is 0 Å². The van der Waals surface area contributed by atoms with E-state index < -0.39 is 10.7 Å². The number of nitro groups is 1. The van der Waals surface area contributed by atoms with E-state index >= 15 is 0 Å². The largest absolute Gasteiger partial charge is 0.435 e. The summed E-state index contributed by atoms with van der Waals surface area (Å²) in [6.07, 6.45) is 2.90. The maximum absolute atomic E-state index is 14.4. The van der Waals surface area contributed by atoms with Gasteiger partial charge < -0.3 is 9.64 Å². The minimum atomic E-state index is -0.438. The summed E-state index contributed by atoms with van der Waals surface area (Å²) in [7, 11) is 0. The van der Waals surface area contributed by atoms with Gasteiger partial charge in [0.2, 0.25) is 11.8 Å². The van der Waals surface area contributed by atoms with Gasteiger partial charge in [0.25, 0.3) is 5.69 Å². The third-order valence-corrected chi connectivity index (χ3v) is 6.75. The maximum Gasteiger partial charge on any atom is 0.269 e. The van der Waals surface area contributed by atoms with Crippen molar-refractivity contribution >= 4 is 11.6 Å². The van der Waals surface area contributed by atoms with E-state index in [1.54, 1.807) is 30.3 Å². The molecule has 0 N–H and O–H groups in total. The molecule has 0 aliphatic carbocycles. The Morgan fingerprint density at radius 3 is 2.54 bits per heavy atom. The number of rotatable bonds is 6. The summed E-state index contributed by atoms with van der Waals surface area (Å²) in [6.45, 7) is 6.01. The van der Waals surface area contributed by atoms with Crippen LogP contribution in [0.3, 0.4) is 0 Å². The van der Waals surface area contributed by atoms with E-state index in [4.69, 9.17) is 14.7 Å².